The van der Waals surface area contributed by atoms with Crippen molar-refractivity contribution >= 4 is 40.0 Å². The first-order chi connectivity index (χ1) is 33.4. The summed E-state index contributed by atoms with van der Waals surface area (Å²) in [5.41, 5.74) is 3.98. The molecule has 0 spiro atoms. The van der Waals surface area contributed by atoms with E-state index in [4.69, 9.17) is 23.7 Å². The van der Waals surface area contributed by atoms with Gasteiger partial charge in [-0.1, -0.05) is 51.5 Å². The number of rotatable bonds is 11. The number of allylic oxidation sites excluding steroid dienone is 4. The number of hydrogen-bond donors (Lipinski definition) is 2. The van der Waals surface area contributed by atoms with Crippen molar-refractivity contribution in [3.63, 3.8) is 0 Å². The molecule has 4 heterocycles. The van der Waals surface area contributed by atoms with Crippen LogP contribution in [0.3, 0.4) is 0 Å². The van der Waals surface area contributed by atoms with Gasteiger partial charge in [0, 0.05) is 87.9 Å². The Kier molecular flexibility index (Phi) is 19.3. The van der Waals surface area contributed by atoms with Gasteiger partial charge in [-0.15, -0.1) is 6.58 Å². The van der Waals surface area contributed by atoms with Gasteiger partial charge in [0.25, 0.3) is 11.7 Å². The lowest BCUT2D eigenvalue weighted by Gasteiger charge is -2.47. The number of hydrogen-bond acceptors (Lipinski definition) is 12. The zero-order chi connectivity index (χ0) is 51.0. The van der Waals surface area contributed by atoms with E-state index in [9.17, 15) is 29.4 Å². The summed E-state index contributed by atoms with van der Waals surface area (Å²) in [4.78, 5) is 61.2. The molecule has 14 nitrogen and oxygen atoms in total. The fourth-order valence-electron chi connectivity index (χ4n) is 11.9. The van der Waals surface area contributed by atoms with Crippen molar-refractivity contribution in [3.05, 3.63) is 66.4 Å². The van der Waals surface area contributed by atoms with Gasteiger partial charge in [0.2, 0.25) is 5.79 Å². The molecule has 3 fully saturated rings. The molecule has 70 heavy (non-hydrogen) atoms. The number of aromatic nitrogens is 1. The third-order valence-corrected chi connectivity index (χ3v) is 16.0. The SMILES string of the molecule is C=CCn1ccc2cc(N(C)C3CCC(C=C(C)C4OC(=O)C5CCCCN5C(=O)C(=O)C5(O)OC(C(OC)CC(C)C/C(C)=C/C(CC)C(=O)CC(O)C4C)C(OC)CC5C)CC3OCC)ccc21. The minimum Gasteiger partial charge on any atom is -0.456 e. The Balaban J connectivity index is 1.31. The Morgan fingerprint density at radius 2 is 1.70 bits per heavy atom. The lowest BCUT2D eigenvalue weighted by molar-refractivity contribution is -0.302. The van der Waals surface area contributed by atoms with Crippen LogP contribution in [0.4, 0.5) is 5.69 Å². The summed E-state index contributed by atoms with van der Waals surface area (Å²) in [6.07, 6.45) is 9.31. The van der Waals surface area contributed by atoms with Crippen molar-refractivity contribution < 1.29 is 53.1 Å². The number of likely N-dealkylation sites (N-methyl/N-ethyl adjacent to an activating group) is 1. The molecule has 14 heteroatoms. The number of methoxy groups -OCH3 is 2. The monoisotopic (exact) mass is 974 g/mol. The number of carbonyl (C=O) groups is 4. The number of ether oxygens (including phenoxy) is 5. The number of amides is 1. The number of Topliss-reactive ketones (excluding diaryl/α,β-unsaturated/α-hetero) is 2. The summed E-state index contributed by atoms with van der Waals surface area (Å²) in [5, 5.41) is 25.3. The predicted octanol–water partition coefficient (Wildman–Crippen LogP) is 8.15. The Labute approximate surface area is 416 Å². The zero-order valence-corrected chi connectivity index (χ0v) is 43.6. The first kappa shape index (κ1) is 55.1. The quantitative estimate of drug-likeness (QED) is 0.126. The van der Waals surface area contributed by atoms with Crippen LogP contribution in [-0.4, -0.2) is 132 Å². The minimum absolute atomic E-state index is 0.0310. The lowest BCUT2D eigenvalue weighted by atomic mass is 9.80. The number of cyclic esters (lactones) is 1. The molecule has 1 amide bonds. The highest BCUT2D eigenvalue weighted by atomic mass is 16.7. The molecule has 14 unspecified atom stereocenters. The van der Waals surface area contributed by atoms with Crippen LogP contribution < -0.4 is 4.90 Å². The zero-order valence-electron chi connectivity index (χ0n) is 43.6. The van der Waals surface area contributed by atoms with Crippen molar-refractivity contribution in [2.75, 3.05) is 39.3 Å². The number of aliphatic hydroxyl groups is 2. The second kappa shape index (κ2) is 24.5. The van der Waals surface area contributed by atoms with E-state index in [0.29, 0.717) is 45.1 Å². The molecule has 6 rings (SSSR count). The molecule has 1 aromatic heterocycles. The van der Waals surface area contributed by atoms with E-state index < -0.39 is 77.8 Å². The van der Waals surface area contributed by atoms with Gasteiger partial charge in [-0.05, 0) is 127 Å². The van der Waals surface area contributed by atoms with E-state index in [1.54, 1.807) is 28.1 Å². The normalized spacial score (nSPS) is 35.6. The molecule has 0 radical (unpaired) electrons. The van der Waals surface area contributed by atoms with Crippen LogP contribution in [0.5, 0.6) is 0 Å². The topological polar surface area (TPSA) is 166 Å². The number of nitrogens with zero attached hydrogens (tertiary/aromatic N) is 3. The van der Waals surface area contributed by atoms with Crippen molar-refractivity contribution in [3.8, 4) is 0 Å². The molecular formula is C56H83N3O11. The van der Waals surface area contributed by atoms with Crippen molar-refractivity contribution in [1.82, 2.24) is 9.47 Å². The smallest absolute Gasteiger partial charge is 0.329 e. The number of fused-ring (bicyclic) bond motifs is 4. The number of ketones is 2. The molecule has 14 atom stereocenters. The molecule has 2 bridgehead atoms. The van der Waals surface area contributed by atoms with Crippen molar-refractivity contribution in [2.24, 2.45) is 29.6 Å². The summed E-state index contributed by atoms with van der Waals surface area (Å²) in [6.45, 7) is 18.6. The molecule has 4 aliphatic rings. The molecule has 2 saturated heterocycles. The predicted molar refractivity (Wildman–Crippen MR) is 271 cm³/mol. The first-order valence-electron chi connectivity index (χ1n) is 26.0. The summed E-state index contributed by atoms with van der Waals surface area (Å²) < 4.78 is 33.2. The summed E-state index contributed by atoms with van der Waals surface area (Å²) in [6, 6.07) is 7.63. The second-order valence-corrected chi connectivity index (χ2v) is 21.0. The van der Waals surface area contributed by atoms with Gasteiger partial charge in [0.15, 0.2) is 0 Å². The highest BCUT2D eigenvalue weighted by Gasteiger charge is 2.56. The number of esters is 1. The average Bonchev–Trinajstić information content (AvgIpc) is 3.75. The van der Waals surface area contributed by atoms with Crippen molar-refractivity contribution in [2.45, 2.75) is 180 Å². The Morgan fingerprint density at radius 1 is 0.971 bits per heavy atom. The van der Waals surface area contributed by atoms with E-state index in [1.807, 2.05) is 39.8 Å². The number of benzene rings is 1. The Hall–Kier alpha value is -4.18. The maximum absolute atomic E-state index is 14.7. The molecule has 1 aromatic carbocycles. The highest BCUT2D eigenvalue weighted by Crippen LogP contribution is 2.40. The van der Waals surface area contributed by atoms with Gasteiger partial charge in [0.1, 0.15) is 24.0 Å². The summed E-state index contributed by atoms with van der Waals surface area (Å²) in [5.74, 6) is -7.41. The van der Waals surface area contributed by atoms with Gasteiger partial charge in [-0.25, -0.2) is 4.79 Å². The van der Waals surface area contributed by atoms with Crippen LogP contribution in [0.15, 0.2) is 66.4 Å². The van der Waals surface area contributed by atoms with E-state index in [2.05, 4.69) is 66.6 Å². The van der Waals surface area contributed by atoms with E-state index in [0.717, 1.165) is 47.1 Å². The molecule has 3 aliphatic heterocycles. The van der Waals surface area contributed by atoms with Gasteiger partial charge < -0.3 is 48.3 Å². The van der Waals surface area contributed by atoms with Crippen LogP contribution >= 0.6 is 0 Å². The molecule has 388 valence electrons. The number of anilines is 1. The average molecular weight is 974 g/mol. The van der Waals surface area contributed by atoms with E-state index >= 15 is 0 Å². The first-order valence-corrected chi connectivity index (χ1v) is 26.0. The number of aliphatic hydroxyl groups excluding tert-OH is 1. The Bertz CT molecular complexity index is 2200. The molecular weight excluding hydrogens is 891 g/mol. The van der Waals surface area contributed by atoms with Crippen LogP contribution in [-0.2, 0) is 49.4 Å². The second-order valence-electron chi connectivity index (χ2n) is 21.0. The van der Waals surface area contributed by atoms with Gasteiger partial charge in [-0.3, -0.25) is 14.4 Å². The van der Waals surface area contributed by atoms with Crippen LogP contribution in [0, 0.1) is 29.6 Å². The maximum atomic E-state index is 14.7. The Morgan fingerprint density at radius 3 is 2.39 bits per heavy atom. The number of carbonyl (C=O) groups excluding carboxylic acids is 4. The van der Waals surface area contributed by atoms with Gasteiger partial charge in [-0.2, -0.15) is 0 Å². The minimum atomic E-state index is -2.51. The molecule has 2 N–H and O–H groups in total. The lowest BCUT2D eigenvalue weighted by Crippen LogP contribution is -2.64. The van der Waals surface area contributed by atoms with Gasteiger partial charge in [0.05, 0.1) is 30.5 Å². The fourth-order valence-corrected chi connectivity index (χ4v) is 11.9. The third kappa shape index (κ3) is 12.3. The molecule has 1 aliphatic carbocycles. The third-order valence-electron chi connectivity index (χ3n) is 16.0. The van der Waals surface area contributed by atoms with Crippen LogP contribution in [0.1, 0.15) is 119 Å². The van der Waals surface area contributed by atoms with Gasteiger partial charge >= 0.3 is 5.97 Å². The maximum Gasteiger partial charge on any atom is 0.329 e. The van der Waals surface area contributed by atoms with Crippen molar-refractivity contribution in [1.29, 1.82) is 0 Å². The molecule has 2 aromatic rings. The van der Waals surface area contributed by atoms with Crippen LogP contribution in [0.2, 0.25) is 0 Å². The largest absolute Gasteiger partial charge is 0.456 e. The van der Waals surface area contributed by atoms with Crippen LogP contribution in [0.25, 0.3) is 10.9 Å². The summed E-state index contributed by atoms with van der Waals surface area (Å²) in [7, 11) is 5.21. The highest BCUT2D eigenvalue weighted by molar-refractivity contribution is 6.39. The van der Waals surface area contributed by atoms with E-state index in [-0.39, 0.29) is 55.6 Å². The fraction of sp³-hybridized carbons (Fsp3) is 0.679. The van der Waals surface area contributed by atoms with E-state index in [1.165, 1.54) is 4.90 Å². The standard InChI is InChI=1S/C56H83N3O11/c1-12-23-58-25-22-41-32-42(19-21-43(41)58)57(9)44-20-18-39(31-48(44)68-14-3)29-36(6)51-38(8)46(60)33-47(61)40(13-2)27-34(4)26-35(5)28-49(66-10)52-50(67-11)30-37(7)56(65,70-52)53(62)54(63)59-24-16-15-17-45(59)55(64)69-51/h12,19,21-22,25,27,29,32,35,37-40,44-46,48-52,60,65H,1,13-18,20,23-24,26,28,30-31,33H2,2-11H3/b34-27+,36-29?. The number of piperidine rings is 1. The summed E-state index contributed by atoms with van der Waals surface area (Å²) >= 11 is 0. The molecule has 1 saturated carbocycles.